The van der Waals surface area contributed by atoms with Gasteiger partial charge in [-0.05, 0) is 98.9 Å². The highest BCUT2D eigenvalue weighted by atomic mass is 16.3. The number of nitrogens with one attached hydrogen (secondary N) is 1. The van der Waals surface area contributed by atoms with Gasteiger partial charge in [0.15, 0.2) is 11.5 Å². The maximum Gasteiger partial charge on any atom is 0.278 e. The fraction of sp³-hybridized carbons (Fsp3) is 0.471. The van der Waals surface area contributed by atoms with Gasteiger partial charge in [-0.3, -0.25) is 9.69 Å². The number of anilines is 2. The second kappa shape index (κ2) is 9.09. The van der Waals surface area contributed by atoms with Gasteiger partial charge in [0.1, 0.15) is 11.0 Å². The van der Waals surface area contributed by atoms with E-state index in [1.807, 2.05) is 19.1 Å². The van der Waals surface area contributed by atoms with E-state index in [9.17, 15) is 9.90 Å². The van der Waals surface area contributed by atoms with Gasteiger partial charge < -0.3 is 10.4 Å². The third kappa shape index (κ3) is 3.64. The maximum atomic E-state index is 13.5. The van der Waals surface area contributed by atoms with Crippen LogP contribution in [0.1, 0.15) is 80.3 Å². The zero-order chi connectivity index (χ0) is 29.7. The van der Waals surface area contributed by atoms with Gasteiger partial charge in [0.2, 0.25) is 5.95 Å². The topological polar surface area (TPSA) is 101 Å². The molecule has 1 aliphatic heterocycles. The molecule has 1 saturated carbocycles. The van der Waals surface area contributed by atoms with Crippen molar-refractivity contribution in [2.24, 2.45) is 0 Å². The molecular formula is C34H39N7O2. The van der Waals surface area contributed by atoms with Crippen LogP contribution in [0.2, 0.25) is 0 Å². The quantitative estimate of drug-likeness (QED) is 0.310. The SMILES string of the molecule is C=CCn1c(=O)c2cnc(Nc3cc4c5c(c3)CN(C)C3(CC3)C5(C)CCC4)nc2n1-c1ccc2c(n1)C(O)(CC)CC2. The van der Waals surface area contributed by atoms with Gasteiger partial charge in [0, 0.05) is 29.4 Å². The molecule has 1 spiro atoms. The minimum absolute atomic E-state index is 0.202. The minimum Gasteiger partial charge on any atom is -0.384 e. The molecule has 3 aromatic heterocycles. The Morgan fingerprint density at radius 3 is 2.67 bits per heavy atom. The average molecular weight is 578 g/mol. The summed E-state index contributed by atoms with van der Waals surface area (Å²) in [5, 5.41) is 15.1. The predicted molar refractivity (Wildman–Crippen MR) is 167 cm³/mol. The van der Waals surface area contributed by atoms with E-state index in [1.165, 1.54) is 36.8 Å². The highest BCUT2D eigenvalue weighted by Gasteiger charge is 2.63. The molecule has 0 bridgehead atoms. The van der Waals surface area contributed by atoms with E-state index in [0.29, 0.717) is 46.9 Å². The van der Waals surface area contributed by atoms with Crippen LogP contribution in [-0.4, -0.2) is 46.9 Å². The Labute approximate surface area is 251 Å². The monoisotopic (exact) mass is 577 g/mol. The van der Waals surface area contributed by atoms with Gasteiger partial charge in [0.25, 0.3) is 5.56 Å². The lowest BCUT2D eigenvalue weighted by Gasteiger charge is -2.52. The third-order valence-electron chi connectivity index (χ3n) is 11.1. The first kappa shape index (κ1) is 26.8. The van der Waals surface area contributed by atoms with E-state index in [-0.39, 0.29) is 17.5 Å². The lowest BCUT2D eigenvalue weighted by Crippen LogP contribution is -2.55. The van der Waals surface area contributed by atoms with Crippen LogP contribution >= 0.6 is 0 Å². The summed E-state index contributed by atoms with van der Waals surface area (Å²) < 4.78 is 3.32. The van der Waals surface area contributed by atoms with Crippen LogP contribution in [0.4, 0.5) is 11.6 Å². The van der Waals surface area contributed by atoms with Crippen molar-refractivity contribution in [3.63, 3.8) is 0 Å². The Bertz CT molecular complexity index is 1890. The van der Waals surface area contributed by atoms with Gasteiger partial charge in [-0.2, -0.15) is 4.98 Å². The smallest absolute Gasteiger partial charge is 0.278 e. The molecule has 8 rings (SSSR count). The first-order valence-corrected chi connectivity index (χ1v) is 15.7. The van der Waals surface area contributed by atoms with E-state index in [1.54, 1.807) is 27.2 Å². The number of aromatic nitrogens is 5. The number of nitrogens with zero attached hydrogens (tertiary/aromatic N) is 6. The molecule has 1 fully saturated rings. The van der Waals surface area contributed by atoms with Crippen molar-refractivity contribution in [3.8, 4) is 5.82 Å². The standard InChI is InChI=1S/C34H39N7O2/c1-5-16-40-30(42)25-19-35-31(38-29(25)41(40)26-10-9-21-11-13-33(43,6-2)28(21)37-26)36-24-17-22-8-7-12-32(3)27(22)23(18-24)20-39(4)34(32)14-15-34/h5,9-10,17-19,43H,1,6-8,11-16,20H2,2-4H3,(H,35,36,38). The number of hydrogen-bond acceptors (Lipinski definition) is 7. The van der Waals surface area contributed by atoms with Crippen molar-refractivity contribution in [3.05, 3.63) is 81.4 Å². The van der Waals surface area contributed by atoms with Crippen LogP contribution in [0.5, 0.6) is 0 Å². The Hall–Kier alpha value is -3.82. The predicted octanol–water partition coefficient (Wildman–Crippen LogP) is 5.02. The number of hydrogen-bond donors (Lipinski definition) is 2. The largest absolute Gasteiger partial charge is 0.384 e. The number of aryl methyl sites for hydroxylation is 2. The summed E-state index contributed by atoms with van der Waals surface area (Å²) in [5.74, 6) is 0.970. The van der Waals surface area contributed by atoms with Crippen LogP contribution in [0.15, 0.2) is 47.9 Å². The fourth-order valence-corrected chi connectivity index (χ4v) is 8.72. The number of benzene rings is 1. The normalized spacial score (nSPS) is 25.1. The van der Waals surface area contributed by atoms with Gasteiger partial charge in [0.05, 0.1) is 12.2 Å². The molecule has 4 heterocycles. The second-order valence-electron chi connectivity index (χ2n) is 13.3. The maximum absolute atomic E-state index is 13.5. The third-order valence-corrected chi connectivity index (χ3v) is 11.1. The number of fused-ring (bicyclic) bond motifs is 3. The lowest BCUT2D eigenvalue weighted by molar-refractivity contribution is 0.0306. The summed E-state index contributed by atoms with van der Waals surface area (Å²) in [6, 6.07) is 8.47. The molecular weight excluding hydrogens is 538 g/mol. The van der Waals surface area contributed by atoms with E-state index >= 15 is 0 Å². The Morgan fingerprint density at radius 1 is 1.09 bits per heavy atom. The van der Waals surface area contributed by atoms with Crippen LogP contribution in [-0.2, 0) is 36.9 Å². The second-order valence-corrected chi connectivity index (χ2v) is 13.3. The summed E-state index contributed by atoms with van der Waals surface area (Å²) >= 11 is 0. The van der Waals surface area contributed by atoms with Crippen molar-refractivity contribution < 1.29 is 5.11 Å². The lowest BCUT2D eigenvalue weighted by atomic mass is 9.61. The van der Waals surface area contributed by atoms with Gasteiger partial charge >= 0.3 is 0 Å². The van der Waals surface area contributed by atoms with Crippen molar-refractivity contribution in [2.45, 2.75) is 94.9 Å². The number of aliphatic hydroxyl groups is 1. The first-order valence-electron chi connectivity index (χ1n) is 15.7. The van der Waals surface area contributed by atoms with E-state index < -0.39 is 5.60 Å². The van der Waals surface area contributed by atoms with E-state index in [2.05, 4.69) is 47.9 Å². The molecule has 43 heavy (non-hydrogen) atoms. The number of allylic oxidation sites excluding steroid dienone is 1. The molecule has 0 amide bonds. The van der Waals surface area contributed by atoms with Gasteiger partial charge in [-0.1, -0.05) is 26.0 Å². The van der Waals surface area contributed by atoms with Crippen molar-refractivity contribution in [1.29, 1.82) is 0 Å². The Morgan fingerprint density at radius 2 is 1.91 bits per heavy atom. The molecule has 4 aromatic rings. The summed E-state index contributed by atoms with van der Waals surface area (Å²) in [4.78, 5) is 30.5. The molecule has 2 unspecified atom stereocenters. The van der Waals surface area contributed by atoms with Crippen molar-refractivity contribution in [1.82, 2.24) is 29.2 Å². The molecule has 0 radical (unpaired) electrons. The van der Waals surface area contributed by atoms with Crippen LogP contribution in [0.3, 0.4) is 0 Å². The summed E-state index contributed by atoms with van der Waals surface area (Å²) in [6.07, 6.45) is 11.4. The highest BCUT2D eigenvalue weighted by molar-refractivity contribution is 5.77. The fourth-order valence-electron chi connectivity index (χ4n) is 8.72. The van der Waals surface area contributed by atoms with Gasteiger partial charge in [-0.15, -0.1) is 6.58 Å². The number of pyridine rings is 1. The minimum atomic E-state index is -0.963. The molecule has 2 atom stereocenters. The zero-order valence-corrected chi connectivity index (χ0v) is 25.3. The Kier molecular flexibility index (Phi) is 5.66. The number of likely N-dealkylation sites (N-methyl/N-ethyl adjacent to an activating group) is 1. The Balaban J connectivity index is 1.23. The molecule has 3 aliphatic carbocycles. The molecule has 222 valence electrons. The summed E-state index contributed by atoms with van der Waals surface area (Å²) in [7, 11) is 2.29. The van der Waals surface area contributed by atoms with Crippen LogP contribution in [0.25, 0.3) is 16.9 Å². The summed E-state index contributed by atoms with van der Waals surface area (Å²) in [6.45, 7) is 9.57. The average Bonchev–Trinajstić information content (AvgIpc) is 3.69. The van der Waals surface area contributed by atoms with E-state index in [4.69, 9.17) is 9.97 Å². The van der Waals surface area contributed by atoms with Gasteiger partial charge in [-0.25, -0.2) is 19.3 Å². The molecule has 9 nitrogen and oxygen atoms in total. The van der Waals surface area contributed by atoms with Crippen LogP contribution in [0, 0.1) is 0 Å². The molecule has 9 heteroatoms. The molecule has 1 aromatic carbocycles. The molecule has 2 N–H and O–H groups in total. The molecule has 4 aliphatic rings. The van der Waals surface area contributed by atoms with Crippen molar-refractivity contribution >= 4 is 22.7 Å². The zero-order valence-electron chi connectivity index (χ0n) is 25.3. The number of rotatable bonds is 6. The summed E-state index contributed by atoms with van der Waals surface area (Å²) in [5.41, 5.74) is 6.93. The first-order chi connectivity index (χ1) is 20.7. The molecule has 0 saturated heterocycles. The van der Waals surface area contributed by atoms with Crippen LogP contribution < -0.4 is 10.9 Å². The van der Waals surface area contributed by atoms with E-state index in [0.717, 1.165) is 30.6 Å². The highest BCUT2D eigenvalue weighted by Crippen LogP contribution is 2.62. The van der Waals surface area contributed by atoms with Crippen molar-refractivity contribution in [2.75, 3.05) is 12.4 Å².